The number of esters is 1. The molecule has 2 heterocycles. The van der Waals surface area contributed by atoms with Crippen LogP contribution in [0.3, 0.4) is 0 Å². The molecule has 3 aromatic rings. The lowest BCUT2D eigenvalue weighted by atomic mass is 10.1. The summed E-state index contributed by atoms with van der Waals surface area (Å²) in [6.07, 6.45) is 3.37. The Labute approximate surface area is 195 Å². The SMILES string of the molecule is COC(=O)C(Cc1cnc[nH]1)NP1(=O)Oc2ccc(Br)cc2CN1C(C)c1ccccc1. The second-order valence-corrected chi connectivity index (χ2v) is 10.4. The summed E-state index contributed by atoms with van der Waals surface area (Å²) in [4.78, 5) is 19.5. The number of hydrogen-bond donors (Lipinski definition) is 2. The summed E-state index contributed by atoms with van der Waals surface area (Å²) in [5, 5.41) is 3.00. The van der Waals surface area contributed by atoms with Crippen LogP contribution in [0.4, 0.5) is 0 Å². The quantitative estimate of drug-likeness (QED) is 0.348. The van der Waals surface area contributed by atoms with Crippen LogP contribution in [0.15, 0.2) is 65.5 Å². The molecule has 1 aromatic heterocycles. The van der Waals surface area contributed by atoms with Crippen molar-refractivity contribution in [2.24, 2.45) is 0 Å². The normalized spacial score (nSPS) is 20.1. The summed E-state index contributed by atoms with van der Waals surface area (Å²) in [6.45, 7) is 2.35. The summed E-state index contributed by atoms with van der Waals surface area (Å²) < 4.78 is 28.1. The number of nitrogens with one attached hydrogen (secondary N) is 2. The van der Waals surface area contributed by atoms with Crippen LogP contribution in [-0.2, 0) is 27.1 Å². The molecule has 4 rings (SSSR count). The Morgan fingerprint density at radius 1 is 1.34 bits per heavy atom. The van der Waals surface area contributed by atoms with E-state index in [1.165, 1.54) is 13.4 Å². The molecule has 0 saturated heterocycles. The highest BCUT2D eigenvalue weighted by Crippen LogP contribution is 2.57. The van der Waals surface area contributed by atoms with Gasteiger partial charge in [-0.1, -0.05) is 46.3 Å². The first kappa shape index (κ1) is 22.7. The number of H-pyrrole nitrogens is 1. The van der Waals surface area contributed by atoms with Crippen LogP contribution in [0.1, 0.15) is 29.8 Å². The minimum absolute atomic E-state index is 0.223. The van der Waals surface area contributed by atoms with E-state index in [0.717, 1.165) is 15.6 Å². The molecule has 8 nitrogen and oxygen atoms in total. The van der Waals surface area contributed by atoms with E-state index in [9.17, 15) is 9.36 Å². The molecule has 10 heteroatoms. The molecule has 0 radical (unpaired) electrons. The third kappa shape index (κ3) is 4.81. The number of aromatic nitrogens is 2. The van der Waals surface area contributed by atoms with E-state index in [1.807, 2.05) is 49.4 Å². The number of nitrogens with zero attached hydrogens (tertiary/aromatic N) is 2. The van der Waals surface area contributed by atoms with E-state index in [-0.39, 0.29) is 12.5 Å². The van der Waals surface area contributed by atoms with Gasteiger partial charge in [-0.25, -0.2) is 14.6 Å². The van der Waals surface area contributed by atoms with Crippen LogP contribution >= 0.6 is 23.6 Å². The van der Waals surface area contributed by atoms with E-state index in [0.29, 0.717) is 18.0 Å². The molecule has 0 fully saturated rings. The van der Waals surface area contributed by atoms with Gasteiger partial charge in [-0.3, -0.25) is 4.79 Å². The van der Waals surface area contributed by atoms with E-state index in [4.69, 9.17) is 9.26 Å². The monoisotopic (exact) mass is 518 g/mol. The number of methoxy groups -OCH3 is 1. The highest BCUT2D eigenvalue weighted by Gasteiger charge is 2.44. The van der Waals surface area contributed by atoms with Gasteiger partial charge in [0.15, 0.2) is 0 Å². The average Bonchev–Trinajstić information content (AvgIpc) is 3.31. The Bertz CT molecular complexity index is 1130. The van der Waals surface area contributed by atoms with Crippen LogP contribution in [0.2, 0.25) is 0 Å². The first-order valence-electron chi connectivity index (χ1n) is 10.1. The fraction of sp³-hybridized carbons (Fsp3) is 0.273. The Morgan fingerprint density at radius 3 is 2.81 bits per heavy atom. The van der Waals surface area contributed by atoms with Gasteiger partial charge in [0.2, 0.25) is 0 Å². The smallest absolute Gasteiger partial charge is 0.394 e. The summed E-state index contributed by atoms with van der Waals surface area (Å²) in [7, 11) is -2.40. The van der Waals surface area contributed by atoms with Crippen molar-refractivity contribution in [3.05, 3.63) is 82.3 Å². The molecule has 0 saturated carbocycles. The van der Waals surface area contributed by atoms with Gasteiger partial charge in [0, 0.05) is 40.9 Å². The number of fused-ring (bicyclic) bond motifs is 1. The van der Waals surface area contributed by atoms with Crippen molar-refractivity contribution >= 4 is 29.6 Å². The molecule has 1 aliphatic heterocycles. The molecule has 3 unspecified atom stereocenters. The molecule has 1 aliphatic rings. The molecule has 2 N–H and O–H groups in total. The second-order valence-electron chi connectivity index (χ2n) is 7.53. The fourth-order valence-corrected chi connectivity index (χ4v) is 6.40. The molecule has 0 aliphatic carbocycles. The van der Waals surface area contributed by atoms with E-state index in [2.05, 4.69) is 31.0 Å². The number of carbonyl (C=O) groups excluding carboxylic acids is 1. The van der Waals surface area contributed by atoms with Crippen molar-refractivity contribution in [3.8, 4) is 5.75 Å². The molecular weight excluding hydrogens is 495 g/mol. The van der Waals surface area contributed by atoms with Gasteiger partial charge in [0.05, 0.1) is 13.4 Å². The van der Waals surface area contributed by atoms with Gasteiger partial charge in [0.25, 0.3) is 0 Å². The van der Waals surface area contributed by atoms with Crippen molar-refractivity contribution in [1.29, 1.82) is 0 Å². The lowest BCUT2D eigenvalue weighted by molar-refractivity contribution is -0.142. The van der Waals surface area contributed by atoms with Gasteiger partial charge in [-0.2, -0.15) is 4.67 Å². The van der Waals surface area contributed by atoms with E-state index in [1.54, 1.807) is 16.9 Å². The molecule has 3 atom stereocenters. The minimum Gasteiger partial charge on any atom is -0.468 e. The lowest BCUT2D eigenvalue weighted by Gasteiger charge is -2.40. The summed E-state index contributed by atoms with van der Waals surface area (Å²) in [6, 6.07) is 14.2. The number of rotatable bonds is 7. The molecule has 168 valence electrons. The maximum atomic E-state index is 14.3. The molecule has 0 bridgehead atoms. The Balaban J connectivity index is 1.71. The van der Waals surface area contributed by atoms with Gasteiger partial charge in [-0.05, 0) is 30.7 Å². The van der Waals surface area contributed by atoms with E-state index >= 15 is 0 Å². The maximum absolute atomic E-state index is 14.3. The number of imidazole rings is 1. The highest BCUT2D eigenvalue weighted by molar-refractivity contribution is 9.10. The van der Waals surface area contributed by atoms with Crippen molar-refractivity contribution in [3.63, 3.8) is 0 Å². The molecular formula is C22H24BrN4O4P. The Morgan fingerprint density at radius 2 is 2.12 bits per heavy atom. The van der Waals surface area contributed by atoms with Crippen molar-refractivity contribution in [1.82, 2.24) is 19.7 Å². The number of halogens is 1. The predicted octanol–water partition coefficient (Wildman–Crippen LogP) is 4.61. The molecule has 0 amide bonds. The van der Waals surface area contributed by atoms with Crippen LogP contribution in [-0.4, -0.2) is 33.8 Å². The number of hydrogen-bond acceptors (Lipinski definition) is 5. The predicted molar refractivity (Wildman–Crippen MR) is 124 cm³/mol. The Hall–Kier alpha value is -2.45. The van der Waals surface area contributed by atoms with Gasteiger partial charge >= 0.3 is 13.6 Å². The average molecular weight is 519 g/mol. The second kappa shape index (κ2) is 9.58. The number of ether oxygens (including phenoxy) is 1. The van der Waals surface area contributed by atoms with Gasteiger partial charge in [-0.15, -0.1) is 0 Å². The van der Waals surface area contributed by atoms with Crippen LogP contribution in [0.5, 0.6) is 5.75 Å². The topological polar surface area (TPSA) is 96.5 Å². The zero-order chi connectivity index (χ0) is 22.7. The van der Waals surface area contributed by atoms with E-state index < -0.39 is 19.7 Å². The van der Waals surface area contributed by atoms with Gasteiger partial charge in [0.1, 0.15) is 11.8 Å². The minimum atomic E-state index is -3.70. The number of carbonyl (C=O) groups is 1. The largest absolute Gasteiger partial charge is 0.468 e. The third-order valence-electron chi connectivity index (χ3n) is 5.43. The number of aromatic amines is 1. The van der Waals surface area contributed by atoms with Crippen molar-refractivity contribution < 1.29 is 18.6 Å². The standard InChI is InChI=1S/C22H24BrN4O4P/c1-15(16-6-4-3-5-7-16)27-13-17-10-18(23)8-9-21(17)31-32(27,29)26-20(22(28)30-2)11-19-12-24-14-25-19/h3-10,12,14-15,20H,11,13H2,1-2H3,(H,24,25)(H,26,29). The molecule has 32 heavy (non-hydrogen) atoms. The number of benzene rings is 2. The summed E-state index contributed by atoms with van der Waals surface area (Å²) in [5.41, 5.74) is 2.60. The van der Waals surface area contributed by atoms with Crippen LogP contribution in [0, 0.1) is 0 Å². The third-order valence-corrected chi connectivity index (χ3v) is 8.17. The fourth-order valence-electron chi connectivity index (χ4n) is 3.72. The zero-order valence-corrected chi connectivity index (χ0v) is 20.2. The summed E-state index contributed by atoms with van der Waals surface area (Å²) in [5.74, 6) is -0.0157. The summed E-state index contributed by atoms with van der Waals surface area (Å²) >= 11 is 3.49. The van der Waals surface area contributed by atoms with Crippen LogP contribution < -0.4 is 9.61 Å². The molecule has 0 spiro atoms. The van der Waals surface area contributed by atoms with Crippen molar-refractivity contribution in [2.75, 3.05) is 7.11 Å². The first-order chi connectivity index (χ1) is 15.4. The zero-order valence-electron chi connectivity index (χ0n) is 17.7. The Kier molecular flexibility index (Phi) is 6.81. The van der Waals surface area contributed by atoms with Crippen LogP contribution in [0.25, 0.3) is 0 Å². The lowest BCUT2D eigenvalue weighted by Crippen LogP contribution is -2.44. The highest BCUT2D eigenvalue weighted by atomic mass is 79.9. The van der Waals surface area contributed by atoms with Crippen molar-refractivity contribution in [2.45, 2.75) is 32.0 Å². The van der Waals surface area contributed by atoms with Gasteiger partial charge < -0.3 is 14.2 Å². The molecule has 2 aromatic carbocycles. The first-order valence-corrected chi connectivity index (χ1v) is 12.5. The maximum Gasteiger partial charge on any atom is 0.394 e.